The molecule has 25 heavy (non-hydrogen) atoms. The van der Waals surface area contributed by atoms with Gasteiger partial charge in [-0.1, -0.05) is 0 Å². The number of sulfonamides is 1. The van der Waals surface area contributed by atoms with Crippen molar-refractivity contribution in [3.05, 3.63) is 41.2 Å². The second-order valence-corrected chi connectivity index (χ2v) is 7.58. The van der Waals surface area contributed by atoms with E-state index < -0.39 is 16.0 Å². The number of hydrogen-bond donors (Lipinski definition) is 1. The van der Waals surface area contributed by atoms with Crippen molar-refractivity contribution in [2.24, 2.45) is 0 Å². The Morgan fingerprint density at radius 1 is 1.40 bits per heavy atom. The molecule has 0 unspecified atom stereocenters. The van der Waals surface area contributed by atoms with E-state index in [1.54, 1.807) is 18.2 Å². The minimum absolute atomic E-state index is 0.0487. The minimum atomic E-state index is -3.34. The first kappa shape index (κ1) is 16.9. The zero-order valence-corrected chi connectivity index (χ0v) is 14.5. The Morgan fingerprint density at radius 2 is 2.12 bits per heavy atom. The van der Waals surface area contributed by atoms with Crippen LogP contribution in [0.5, 0.6) is 0 Å². The Balaban J connectivity index is 2.14. The summed E-state index contributed by atoms with van der Waals surface area (Å²) in [6, 6.07) is 7.09. The number of nitrogen functional groups attached to an aromatic ring is 1. The molecule has 2 heterocycles. The third kappa shape index (κ3) is 2.70. The van der Waals surface area contributed by atoms with Gasteiger partial charge in [-0.2, -0.15) is 5.26 Å². The van der Waals surface area contributed by atoms with E-state index in [2.05, 4.69) is 0 Å². The zero-order chi connectivity index (χ0) is 18.4. The van der Waals surface area contributed by atoms with Crippen LogP contribution in [0.1, 0.15) is 21.6 Å². The summed E-state index contributed by atoms with van der Waals surface area (Å²) >= 11 is 0. The molecule has 9 heteroatoms. The average Bonchev–Trinajstić information content (AvgIpc) is 3.14. The Bertz CT molecular complexity index is 1020. The second kappa shape index (κ2) is 5.82. The molecule has 130 valence electrons. The molecule has 2 N–H and O–H groups in total. The van der Waals surface area contributed by atoms with Crippen molar-refractivity contribution in [2.45, 2.75) is 6.42 Å². The number of benzene rings is 1. The molecule has 1 aromatic carbocycles. The van der Waals surface area contributed by atoms with Crippen molar-refractivity contribution < 1.29 is 17.9 Å². The molecule has 0 amide bonds. The van der Waals surface area contributed by atoms with Crippen LogP contribution in [-0.4, -0.2) is 38.9 Å². The predicted octanol–water partition coefficient (Wildman–Crippen LogP) is 1.04. The number of methoxy groups -OCH3 is 1. The molecule has 2 aromatic rings. The molecule has 0 atom stereocenters. The van der Waals surface area contributed by atoms with Crippen LogP contribution in [0.15, 0.2) is 24.4 Å². The number of carbonyl (C=O) groups excluding carboxylic acids is 1. The van der Waals surface area contributed by atoms with E-state index in [0.717, 1.165) is 11.8 Å². The highest BCUT2D eigenvalue weighted by Gasteiger charge is 2.27. The molecule has 0 bridgehead atoms. The number of ether oxygens (including phenoxy) is 1. The third-order valence-electron chi connectivity index (χ3n) is 4.14. The normalized spacial score (nSPS) is 13.4. The molecule has 1 aromatic heterocycles. The molecular weight excluding hydrogens is 344 g/mol. The van der Waals surface area contributed by atoms with Crippen LogP contribution in [0.2, 0.25) is 0 Å². The number of carbonyl (C=O) groups is 1. The quantitative estimate of drug-likeness (QED) is 0.817. The van der Waals surface area contributed by atoms with E-state index in [1.165, 1.54) is 22.2 Å². The van der Waals surface area contributed by atoms with E-state index in [1.807, 2.05) is 6.07 Å². The number of nitrogens with zero attached hydrogens (tertiary/aromatic N) is 3. The molecule has 0 aliphatic carbocycles. The van der Waals surface area contributed by atoms with Gasteiger partial charge in [0.1, 0.15) is 6.07 Å². The number of fused-ring (bicyclic) bond motifs is 1. The number of nitriles is 1. The van der Waals surface area contributed by atoms with Gasteiger partial charge in [0.05, 0.1) is 30.3 Å². The highest BCUT2D eigenvalue weighted by molar-refractivity contribution is 7.92. The van der Waals surface area contributed by atoms with Crippen molar-refractivity contribution in [2.75, 3.05) is 29.9 Å². The van der Waals surface area contributed by atoms with E-state index in [-0.39, 0.29) is 16.9 Å². The molecule has 0 fully saturated rings. The summed E-state index contributed by atoms with van der Waals surface area (Å²) in [5, 5.41) is 9.17. The van der Waals surface area contributed by atoms with Crippen molar-refractivity contribution >= 4 is 27.4 Å². The van der Waals surface area contributed by atoms with E-state index >= 15 is 0 Å². The lowest BCUT2D eigenvalue weighted by atomic mass is 10.1. The molecule has 1 aliphatic rings. The monoisotopic (exact) mass is 360 g/mol. The Labute approximate surface area is 145 Å². The first-order chi connectivity index (χ1) is 11.8. The lowest BCUT2D eigenvalue weighted by molar-refractivity contribution is 0.0593. The minimum Gasteiger partial charge on any atom is -0.464 e. The maximum atomic E-state index is 12.1. The Kier molecular flexibility index (Phi) is 3.93. The summed E-state index contributed by atoms with van der Waals surface area (Å²) in [7, 11) is -2.10. The standard InChI is InChI=1S/C16H16N4O4S/c1-24-16(21)15-14(18)11(8-17)9-19(15)12-3-4-13-10(7-12)5-6-20(13)25(2,22)23/h3-4,7,9H,5-6,18H2,1-2H3. The summed E-state index contributed by atoms with van der Waals surface area (Å²) in [5.41, 5.74) is 8.22. The number of hydrogen-bond acceptors (Lipinski definition) is 6. The van der Waals surface area contributed by atoms with Crippen molar-refractivity contribution in [3.63, 3.8) is 0 Å². The molecule has 3 rings (SSSR count). The van der Waals surface area contributed by atoms with Crippen molar-refractivity contribution in [1.29, 1.82) is 5.26 Å². The highest BCUT2D eigenvalue weighted by atomic mass is 32.2. The van der Waals surface area contributed by atoms with Crippen LogP contribution in [0.25, 0.3) is 5.69 Å². The molecular formula is C16H16N4O4S. The van der Waals surface area contributed by atoms with Gasteiger partial charge in [-0.25, -0.2) is 13.2 Å². The molecule has 8 nitrogen and oxygen atoms in total. The van der Waals surface area contributed by atoms with Gasteiger partial charge in [0, 0.05) is 18.4 Å². The third-order valence-corrected chi connectivity index (χ3v) is 5.32. The van der Waals surface area contributed by atoms with Crippen molar-refractivity contribution in [3.8, 4) is 11.8 Å². The maximum absolute atomic E-state index is 12.1. The topological polar surface area (TPSA) is 118 Å². The summed E-state index contributed by atoms with van der Waals surface area (Å²) in [6.07, 6.45) is 3.19. The molecule has 1 aliphatic heterocycles. The van der Waals surface area contributed by atoms with Gasteiger partial charge in [0.15, 0.2) is 5.69 Å². The van der Waals surface area contributed by atoms with Crippen LogP contribution in [0.4, 0.5) is 11.4 Å². The molecule has 0 radical (unpaired) electrons. The van der Waals surface area contributed by atoms with Gasteiger partial charge >= 0.3 is 5.97 Å². The average molecular weight is 360 g/mol. The van der Waals surface area contributed by atoms with E-state index in [9.17, 15) is 13.2 Å². The van der Waals surface area contributed by atoms with Gasteiger partial charge in [-0.3, -0.25) is 4.31 Å². The van der Waals surface area contributed by atoms with Crippen LogP contribution in [0.3, 0.4) is 0 Å². The van der Waals surface area contributed by atoms with Gasteiger partial charge in [0.25, 0.3) is 0 Å². The first-order valence-electron chi connectivity index (χ1n) is 7.38. The fourth-order valence-corrected chi connectivity index (χ4v) is 3.93. The summed E-state index contributed by atoms with van der Waals surface area (Å²) in [6.45, 7) is 0.374. The van der Waals surface area contributed by atoms with Crippen LogP contribution in [0, 0.1) is 11.3 Å². The fraction of sp³-hybridized carbons (Fsp3) is 0.250. The largest absolute Gasteiger partial charge is 0.464 e. The highest BCUT2D eigenvalue weighted by Crippen LogP contribution is 2.33. The van der Waals surface area contributed by atoms with E-state index in [4.69, 9.17) is 15.7 Å². The summed E-state index contributed by atoms with van der Waals surface area (Å²) < 4.78 is 31.2. The molecule has 0 spiro atoms. The van der Waals surface area contributed by atoms with E-state index in [0.29, 0.717) is 24.3 Å². The lowest BCUT2D eigenvalue weighted by Gasteiger charge is -2.17. The molecule has 0 saturated heterocycles. The zero-order valence-electron chi connectivity index (χ0n) is 13.7. The number of anilines is 2. The summed E-state index contributed by atoms with van der Waals surface area (Å²) in [4.78, 5) is 12.1. The van der Waals surface area contributed by atoms with Gasteiger partial charge in [0.2, 0.25) is 10.0 Å². The van der Waals surface area contributed by atoms with Gasteiger partial charge in [-0.15, -0.1) is 0 Å². The number of aromatic nitrogens is 1. The molecule has 0 saturated carbocycles. The van der Waals surface area contributed by atoms with Gasteiger partial charge in [-0.05, 0) is 30.2 Å². The summed E-state index contributed by atoms with van der Waals surface area (Å²) in [5.74, 6) is -0.655. The lowest BCUT2D eigenvalue weighted by Crippen LogP contribution is -2.27. The number of nitrogens with two attached hydrogens (primary N) is 1. The number of esters is 1. The van der Waals surface area contributed by atoms with Crippen LogP contribution < -0.4 is 10.0 Å². The van der Waals surface area contributed by atoms with Crippen LogP contribution in [-0.2, 0) is 21.2 Å². The van der Waals surface area contributed by atoms with Gasteiger partial charge < -0.3 is 15.0 Å². The SMILES string of the molecule is COC(=O)c1c(N)c(C#N)cn1-c1ccc2c(c1)CCN2S(C)(=O)=O. The first-order valence-corrected chi connectivity index (χ1v) is 9.23. The van der Waals surface area contributed by atoms with Crippen LogP contribution >= 0.6 is 0 Å². The van der Waals surface area contributed by atoms with Crippen molar-refractivity contribution in [1.82, 2.24) is 4.57 Å². The smallest absolute Gasteiger partial charge is 0.357 e. The number of rotatable bonds is 3. The predicted molar refractivity (Wildman–Crippen MR) is 92.1 cm³/mol. The Morgan fingerprint density at radius 3 is 2.72 bits per heavy atom. The Hall–Kier alpha value is -2.99. The second-order valence-electron chi connectivity index (χ2n) is 5.68. The maximum Gasteiger partial charge on any atom is 0.357 e. The fourth-order valence-electron chi connectivity index (χ4n) is 2.97.